The minimum absolute atomic E-state index is 0. The van der Waals surface area contributed by atoms with Gasteiger partial charge in [0, 0.05) is 0 Å². The van der Waals surface area contributed by atoms with Gasteiger partial charge in [-0.05, 0) is 13.8 Å². The molecule has 0 aliphatic rings. The Labute approximate surface area is 108 Å². The molecule has 0 aliphatic heterocycles. The number of aryl methyl sites for hydroxylation is 1. The zero-order chi connectivity index (χ0) is 13.4. The second-order valence-electron chi connectivity index (χ2n) is 2.69. The number of hydrogen-bond donors (Lipinski definition) is 2. The molecule has 0 heterocycles. The van der Waals surface area contributed by atoms with E-state index in [0.29, 0.717) is 0 Å². The summed E-state index contributed by atoms with van der Waals surface area (Å²) in [6.07, 6.45) is -0.560. The standard InChI is InChI=1S/C7H8.C3H8O2.2C2H6.CH4/c1-7-5-3-2-4-6-7;1-3(5)2-4;2*1-2;/h2-6H,1H3;3-5H,2H2,1H3;2*1-2H3;1H4. The molecule has 1 rings (SSSR count). The van der Waals surface area contributed by atoms with Crippen LogP contribution in [0.25, 0.3) is 0 Å². The predicted octanol–water partition coefficient (Wildman–Crippen LogP) is 4.04. The fourth-order valence-electron chi connectivity index (χ4n) is 0.534. The fourth-order valence-corrected chi connectivity index (χ4v) is 0.534. The van der Waals surface area contributed by atoms with Crippen molar-refractivity contribution in [2.24, 2.45) is 0 Å². The van der Waals surface area contributed by atoms with Crippen molar-refractivity contribution in [3.8, 4) is 0 Å². The molecule has 0 aliphatic carbocycles. The largest absolute Gasteiger partial charge is 0.394 e. The van der Waals surface area contributed by atoms with E-state index in [1.165, 1.54) is 12.5 Å². The Balaban J connectivity index is -0.0000000758. The van der Waals surface area contributed by atoms with E-state index in [1.807, 2.05) is 45.9 Å². The van der Waals surface area contributed by atoms with Crippen molar-refractivity contribution in [1.82, 2.24) is 0 Å². The molecule has 104 valence electrons. The van der Waals surface area contributed by atoms with Gasteiger partial charge in [0.2, 0.25) is 0 Å². The van der Waals surface area contributed by atoms with E-state index in [2.05, 4.69) is 19.1 Å². The lowest BCUT2D eigenvalue weighted by Crippen LogP contribution is -2.03. The molecule has 1 unspecified atom stereocenters. The van der Waals surface area contributed by atoms with E-state index in [-0.39, 0.29) is 14.0 Å². The first kappa shape index (κ1) is 25.1. The highest BCUT2D eigenvalue weighted by Crippen LogP contribution is 1.92. The van der Waals surface area contributed by atoms with Crippen LogP contribution in [0.2, 0.25) is 0 Å². The lowest BCUT2D eigenvalue weighted by atomic mass is 10.2. The van der Waals surface area contributed by atoms with Crippen molar-refractivity contribution in [3.05, 3.63) is 35.9 Å². The van der Waals surface area contributed by atoms with E-state index in [4.69, 9.17) is 10.2 Å². The molecule has 0 radical (unpaired) electrons. The first-order chi connectivity index (χ1) is 7.66. The van der Waals surface area contributed by atoms with Gasteiger partial charge in [-0.2, -0.15) is 0 Å². The fraction of sp³-hybridized carbons (Fsp3) is 0.600. The smallest absolute Gasteiger partial charge is 0.0742 e. The summed E-state index contributed by atoms with van der Waals surface area (Å²) in [5.74, 6) is 0. The van der Waals surface area contributed by atoms with Crippen molar-refractivity contribution in [1.29, 1.82) is 0 Å². The first-order valence-electron chi connectivity index (χ1n) is 5.97. The summed E-state index contributed by atoms with van der Waals surface area (Å²) >= 11 is 0. The van der Waals surface area contributed by atoms with Gasteiger partial charge in [-0.15, -0.1) is 0 Å². The molecule has 2 nitrogen and oxygen atoms in total. The van der Waals surface area contributed by atoms with Crippen molar-refractivity contribution in [2.75, 3.05) is 6.61 Å². The van der Waals surface area contributed by atoms with Crippen molar-refractivity contribution >= 4 is 0 Å². The Bertz CT molecular complexity index is 183. The number of benzene rings is 1. The van der Waals surface area contributed by atoms with Crippen molar-refractivity contribution < 1.29 is 10.2 Å². The lowest BCUT2D eigenvalue weighted by molar-refractivity contribution is 0.110. The summed E-state index contributed by atoms with van der Waals surface area (Å²) in [6, 6.07) is 10.3. The topological polar surface area (TPSA) is 40.5 Å². The van der Waals surface area contributed by atoms with Crippen LogP contribution in [-0.2, 0) is 0 Å². The van der Waals surface area contributed by atoms with Crippen LogP contribution in [0.15, 0.2) is 30.3 Å². The Hall–Kier alpha value is -0.860. The van der Waals surface area contributed by atoms with Crippen LogP contribution in [0.5, 0.6) is 0 Å². The maximum absolute atomic E-state index is 8.11. The average Bonchev–Trinajstić information content (AvgIpc) is 2.36. The molecule has 0 fully saturated rings. The molecule has 0 aromatic heterocycles. The van der Waals surface area contributed by atoms with Gasteiger partial charge in [0.1, 0.15) is 0 Å². The van der Waals surface area contributed by atoms with Crippen molar-refractivity contribution in [3.63, 3.8) is 0 Å². The molecular weight excluding hydrogens is 212 g/mol. The summed E-state index contributed by atoms with van der Waals surface area (Å²) < 4.78 is 0. The van der Waals surface area contributed by atoms with Gasteiger partial charge in [0.25, 0.3) is 0 Å². The van der Waals surface area contributed by atoms with Crippen molar-refractivity contribution in [2.45, 2.75) is 55.1 Å². The number of aliphatic hydroxyl groups excluding tert-OH is 2. The molecule has 0 saturated heterocycles. The van der Waals surface area contributed by atoms with Gasteiger partial charge in [0.15, 0.2) is 0 Å². The third kappa shape index (κ3) is 31.3. The van der Waals surface area contributed by atoms with Gasteiger partial charge < -0.3 is 10.2 Å². The minimum atomic E-state index is -0.560. The maximum Gasteiger partial charge on any atom is 0.0742 e. The quantitative estimate of drug-likeness (QED) is 0.782. The Kier molecular flexibility index (Phi) is 36.0. The van der Waals surface area contributed by atoms with Gasteiger partial charge in [0.05, 0.1) is 12.7 Å². The third-order valence-electron chi connectivity index (χ3n) is 1.20. The highest BCUT2D eigenvalue weighted by Gasteiger charge is 1.83. The van der Waals surface area contributed by atoms with E-state index in [9.17, 15) is 0 Å². The van der Waals surface area contributed by atoms with E-state index < -0.39 is 6.10 Å². The van der Waals surface area contributed by atoms with Crippen LogP contribution in [-0.4, -0.2) is 22.9 Å². The lowest BCUT2D eigenvalue weighted by Gasteiger charge is -1.90. The molecule has 2 heteroatoms. The molecule has 17 heavy (non-hydrogen) atoms. The van der Waals surface area contributed by atoms with Crippen LogP contribution in [0.3, 0.4) is 0 Å². The molecular formula is C15H32O2. The molecule has 1 aromatic rings. The number of hydrogen-bond acceptors (Lipinski definition) is 2. The van der Waals surface area contributed by atoms with E-state index >= 15 is 0 Å². The highest BCUT2D eigenvalue weighted by molar-refractivity contribution is 5.11. The predicted molar refractivity (Wildman–Crippen MR) is 79.4 cm³/mol. The van der Waals surface area contributed by atoms with Crippen LogP contribution in [0, 0.1) is 6.92 Å². The van der Waals surface area contributed by atoms with Crippen LogP contribution < -0.4 is 0 Å². The molecule has 0 amide bonds. The average molecular weight is 244 g/mol. The van der Waals surface area contributed by atoms with Gasteiger partial charge >= 0.3 is 0 Å². The molecule has 0 saturated carbocycles. The number of aliphatic hydroxyl groups is 2. The highest BCUT2D eigenvalue weighted by atomic mass is 16.3. The minimum Gasteiger partial charge on any atom is -0.394 e. The molecule has 2 N–H and O–H groups in total. The van der Waals surface area contributed by atoms with Gasteiger partial charge in [-0.25, -0.2) is 0 Å². The SMILES string of the molecule is C.CC.CC.CC(O)CO.Cc1ccccc1. The molecule has 1 aromatic carbocycles. The maximum atomic E-state index is 8.11. The zero-order valence-electron chi connectivity index (χ0n) is 11.6. The Morgan fingerprint density at radius 1 is 1.00 bits per heavy atom. The summed E-state index contributed by atoms with van der Waals surface area (Å²) in [5.41, 5.74) is 1.32. The summed E-state index contributed by atoms with van der Waals surface area (Å²) in [6.45, 7) is 11.5. The van der Waals surface area contributed by atoms with E-state index in [1.54, 1.807) is 0 Å². The van der Waals surface area contributed by atoms with Gasteiger partial charge in [-0.3, -0.25) is 0 Å². The Morgan fingerprint density at radius 3 is 1.41 bits per heavy atom. The second kappa shape index (κ2) is 24.4. The third-order valence-corrected chi connectivity index (χ3v) is 1.20. The summed E-state index contributed by atoms with van der Waals surface area (Å²) in [4.78, 5) is 0. The summed E-state index contributed by atoms with van der Waals surface area (Å²) in [7, 11) is 0. The molecule has 0 bridgehead atoms. The molecule has 1 atom stereocenters. The number of rotatable bonds is 1. The molecule has 0 spiro atoms. The first-order valence-corrected chi connectivity index (χ1v) is 5.97. The zero-order valence-corrected chi connectivity index (χ0v) is 11.6. The summed E-state index contributed by atoms with van der Waals surface area (Å²) in [5, 5.41) is 16.0. The van der Waals surface area contributed by atoms with Crippen LogP contribution in [0.1, 0.15) is 47.6 Å². The van der Waals surface area contributed by atoms with Crippen LogP contribution >= 0.6 is 0 Å². The van der Waals surface area contributed by atoms with Gasteiger partial charge in [-0.1, -0.05) is 71.0 Å². The Morgan fingerprint density at radius 2 is 1.29 bits per heavy atom. The van der Waals surface area contributed by atoms with E-state index in [0.717, 1.165) is 0 Å². The normalized spacial score (nSPS) is 8.71. The van der Waals surface area contributed by atoms with Crippen LogP contribution in [0.4, 0.5) is 0 Å². The monoisotopic (exact) mass is 244 g/mol. The second-order valence-corrected chi connectivity index (χ2v) is 2.69.